The molecular formula is C12H14FNO3. The topological polar surface area (TPSA) is 49.8 Å². The first-order valence-corrected chi connectivity index (χ1v) is 5.38. The van der Waals surface area contributed by atoms with E-state index >= 15 is 0 Å². The van der Waals surface area contributed by atoms with Gasteiger partial charge in [-0.1, -0.05) is 12.1 Å². The van der Waals surface area contributed by atoms with Gasteiger partial charge in [0.1, 0.15) is 11.9 Å². The van der Waals surface area contributed by atoms with Crippen LogP contribution in [-0.4, -0.2) is 42.0 Å². The Morgan fingerprint density at radius 1 is 1.53 bits per heavy atom. The van der Waals surface area contributed by atoms with Crippen LogP contribution < -0.4 is 4.74 Å². The molecule has 1 fully saturated rings. The minimum absolute atomic E-state index is 0.0177. The highest BCUT2D eigenvalue weighted by molar-refractivity contribution is 5.67. The lowest BCUT2D eigenvalue weighted by Crippen LogP contribution is -2.60. The molecule has 2 rings (SSSR count). The maximum absolute atomic E-state index is 13.3. The van der Waals surface area contributed by atoms with Gasteiger partial charge in [0, 0.05) is 0 Å². The van der Waals surface area contributed by atoms with Crippen molar-refractivity contribution < 1.29 is 19.0 Å². The minimum Gasteiger partial charge on any atom is -0.497 e. The summed E-state index contributed by atoms with van der Waals surface area (Å²) in [7, 11) is 1.57. The number of carboxylic acid groups (broad SMARTS) is 1. The van der Waals surface area contributed by atoms with Crippen LogP contribution in [0.25, 0.3) is 0 Å². The monoisotopic (exact) mass is 239 g/mol. The van der Waals surface area contributed by atoms with Gasteiger partial charge in [0.15, 0.2) is 0 Å². The summed E-state index contributed by atoms with van der Waals surface area (Å²) in [6, 6.07) is 6.66. The maximum atomic E-state index is 13.3. The van der Waals surface area contributed by atoms with Crippen LogP contribution in [0.15, 0.2) is 24.3 Å². The summed E-state index contributed by atoms with van der Waals surface area (Å²) in [5.41, 5.74) is 0.907. The minimum atomic E-state index is -1.06. The Bertz CT molecular complexity index is 407. The Balaban J connectivity index is 2.02. The van der Waals surface area contributed by atoms with Crippen LogP contribution in [0.3, 0.4) is 0 Å². The van der Waals surface area contributed by atoms with Crippen molar-refractivity contribution in [1.82, 2.24) is 4.90 Å². The molecule has 1 heterocycles. The first-order valence-electron chi connectivity index (χ1n) is 5.38. The molecular weight excluding hydrogens is 225 g/mol. The number of hydrogen-bond donors (Lipinski definition) is 1. The third-order valence-electron chi connectivity index (χ3n) is 3.04. The molecule has 1 aliphatic rings. The summed E-state index contributed by atoms with van der Waals surface area (Å²) in [4.78, 5) is 11.9. The molecule has 92 valence electrons. The van der Waals surface area contributed by atoms with E-state index in [2.05, 4.69) is 0 Å². The van der Waals surface area contributed by atoms with Gasteiger partial charge < -0.3 is 9.84 Å². The molecule has 0 aliphatic carbocycles. The molecule has 1 N–H and O–H groups in total. The van der Waals surface area contributed by atoms with Crippen molar-refractivity contribution in [3.8, 4) is 5.75 Å². The number of carbonyl (C=O) groups is 1. The number of amides is 1. The van der Waals surface area contributed by atoms with Crippen LogP contribution in [0.5, 0.6) is 5.75 Å². The lowest BCUT2D eigenvalue weighted by molar-refractivity contribution is 0.00242. The fourth-order valence-corrected chi connectivity index (χ4v) is 1.96. The second kappa shape index (κ2) is 4.61. The number of hydrogen-bond acceptors (Lipinski definition) is 2. The molecule has 1 aromatic carbocycles. The van der Waals surface area contributed by atoms with Crippen molar-refractivity contribution in [2.75, 3.05) is 13.7 Å². The Labute approximate surface area is 98.6 Å². The first kappa shape index (κ1) is 11.7. The molecule has 5 heteroatoms. The predicted molar refractivity (Wildman–Crippen MR) is 60.1 cm³/mol. The van der Waals surface area contributed by atoms with E-state index in [1.807, 2.05) is 12.1 Å². The fourth-order valence-electron chi connectivity index (χ4n) is 1.96. The van der Waals surface area contributed by atoms with Crippen LogP contribution in [0.4, 0.5) is 9.18 Å². The molecule has 4 nitrogen and oxygen atoms in total. The van der Waals surface area contributed by atoms with Crippen LogP contribution in [-0.2, 0) is 6.42 Å². The van der Waals surface area contributed by atoms with Gasteiger partial charge in [-0.15, -0.1) is 0 Å². The second-order valence-corrected chi connectivity index (χ2v) is 4.07. The van der Waals surface area contributed by atoms with Gasteiger partial charge in [0.05, 0.1) is 19.7 Å². The van der Waals surface area contributed by atoms with Gasteiger partial charge in [0.25, 0.3) is 0 Å². The Hall–Kier alpha value is -1.78. The molecule has 0 spiro atoms. The molecule has 0 radical (unpaired) electrons. The second-order valence-electron chi connectivity index (χ2n) is 4.07. The van der Waals surface area contributed by atoms with E-state index in [4.69, 9.17) is 9.84 Å². The molecule has 1 aliphatic heterocycles. The molecule has 0 unspecified atom stereocenters. The van der Waals surface area contributed by atoms with Crippen molar-refractivity contribution >= 4 is 6.09 Å². The number of nitrogens with zero attached hydrogens (tertiary/aromatic N) is 1. The fraction of sp³-hybridized carbons (Fsp3) is 0.417. The van der Waals surface area contributed by atoms with Crippen molar-refractivity contribution in [3.05, 3.63) is 29.8 Å². The van der Waals surface area contributed by atoms with E-state index in [1.165, 1.54) is 0 Å². The van der Waals surface area contributed by atoms with E-state index in [0.717, 1.165) is 16.2 Å². The highest BCUT2D eigenvalue weighted by Crippen LogP contribution is 2.25. The van der Waals surface area contributed by atoms with Crippen LogP contribution in [0.1, 0.15) is 5.56 Å². The third kappa shape index (κ3) is 2.33. The van der Waals surface area contributed by atoms with Crippen molar-refractivity contribution in [1.29, 1.82) is 0 Å². The SMILES string of the molecule is COc1ccc(C[C@@H]2[C@H](F)CN2C(=O)O)cc1. The van der Waals surface area contributed by atoms with Gasteiger partial charge in [-0.25, -0.2) is 9.18 Å². The zero-order valence-electron chi connectivity index (χ0n) is 9.47. The Morgan fingerprint density at radius 3 is 2.65 bits per heavy atom. The highest BCUT2D eigenvalue weighted by atomic mass is 19.1. The molecule has 0 saturated carbocycles. The van der Waals surface area contributed by atoms with Gasteiger partial charge in [-0.3, -0.25) is 4.90 Å². The van der Waals surface area contributed by atoms with Gasteiger partial charge >= 0.3 is 6.09 Å². The number of likely N-dealkylation sites (tertiary alicyclic amines) is 1. The number of ether oxygens (including phenoxy) is 1. The Kier molecular flexibility index (Phi) is 3.17. The Morgan fingerprint density at radius 2 is 2.18 bits per heavy atom. The van der Waals surface area contributed by atoms with Crippen LogP contribution >= 0.6 is 0 Å². The summed E-state index contributed by atoms with van der Waals surface area (Å²) in [5, 5.41) is 8.82. The smallest absolute Gasteiger partial charge is 0.407 e. The quantitative estimate of drug-likeness (QED) is 0.876. The van der Waals surface area contributed by atoms with Crippen molar-refractivity contribution in [2.45, 2.75) is 18.6 Å². The maximum Gasteiger partial charge on any atom is 0.407 e. The average molecular weight is 239 g/mol. The molecule has 1 saturated heterocycles. The predicted octanol–water partition coefficient (Wildman–Crippen LogP) is 1.94. The van der Waals surface area contributed by atoms with Gasteiger partial charge in [-0.05, 0) is 24.1 Å². The van der Waals surface area contributed by atoms with Crippen molar-refractivity contribution in [2.24, 2.45) is 0 Å². The molecule has 1 amide bonds. The van der Waals surface area contributed by atoms with E-state index in [9.17, 15) is 9.18 Å². The summed E-state index contributed by atoms with van der Waals surface area (Å²) in [6.07, 6.45) is -1.72. The highest BCUT2D eigenvalue weighted by Gasteiger charge is 2.42. The number of methoxy groups -OCH3 is 1. The lowest BCUT2D eigenvalue weighted by Gasteiger charge is -2.42. The zero-order valence-corrected chi connectivity index (χ0v) is 9.47. The standard InChI is InChI=1S/C12H14FNO3/c1-17-9-4-2-8(3-5-9)6-11-10(13)7-14(11)12(15)16/h2-5,10-11H,6-7H2,1H3,(H,15,16)/t10-,11-/m1/s1. The number of alkyl halides is 1. The largest absolute Gasteiger partial charge is 0.497 e. The molecule has 17 heavy (non-hydrogen) atoms. The number of benzene rings is 1. The van der Waals surface area contributed by atoms with Crippen LogP contribution in [0, 0.1) is 0 Å². The van der Waals surface area contributed by atoms with E-state index in [0.29, 0.717) is 6.42 Å². The summed E-state index contributed by atoms with van der Waals surface area (Å²) in [6.45, 7) is -0.0177. The number of rotatable bonds is 3. The first-order chi connectivity index (χ1) is 8.11. The number of halogens is 1. The van der Waals surface area contributed by atoms with Crippen LogP contribution in [0.2, 0.25) is 0 Å². The third-order valence-corrected chi connectivity index (χ3v) is 3.04. The molecule has 1 aromatic rings. The van der Waals surface area contributed by atoms with Gasteiger partial charge in [0.2, 0.25) is 0 Å². The molecule has 0 aromatic heterocycles. The lowest BCUT2D eigenvalue weighted by atomic mass is 9.94. The summed E-state index contributed by atoms with van der Waals surface area (Å²) in [5.74, 6) is 0.731. The van der Waals surface area contributed by atoms with E-state index in [1.54, 1.807) is 19.2 Å². The van der Waals surface area contributed by atoms with Crippen molar-refractivity contribution in [3.63, 3.8) is 0 Å². The summed E-state index contributed by atoms with van der Waals surface area (Å²) >= 11 is 0. The van der Waals surface area contributed by atoms with E-state index in [-0.39, 0.29) is 6.54 Å². The molecule has 0 bridgehead atoms. The molecule has 2 atom stereocenters. The zero-order chi connectivity index (χ0) is 12.4. The summed E-state index contributed by atoms with van der Waals surface area (Å²) < 4.78 is 18.3. The normalized spacial score (nSPS) is 23.1. The van der Waals surface area contributed by atoms with E-state index < -0.39 is 18.3 Å². The van der Waals surface area contributed by atoms with Gasteiger partial charge in [-0.2, -0.15) is 0 Å². The average Bonchev–Trinajstić information content (AvgIpc) is 2.33.